The molecule has 0 spiro atoms. The van der Waals surface area contributed by atoms with Gasteiger partial charge in [-0.3, -0.25) is 14.4 Å². The van der Waals surface area contributed by atoms with E-state index >= 15 is 0 Å². The summed E-state index contributed by atoms with van der Waals surface area (Å²) in [6.45, 7) is 11.4. The van der Waals surface area contributed by atoms with E-state index < -0.39 is 6.10 Å². The minimum absolute atomic E-state index is 0.0624. The van der Waals surface area contributed by atoms with Gasteiger partial charge in [0.2, 0.25) is 0 Å². The lowest BCUT2D eigenvalue weighted by Gasteiger charge is -2.18. The van der Waals surface area contributed by atoms with Gasteiger partial charge in [0.15, 0.2) is 6.10 Å². The molecule has 0 amide bonds. The third-order valence-electron chi connectivity index (χ3n) is 14.0. The van der Waals surface area contributed by atoms with Crippen molar-refractivity contribution in [2.75, 3.05) is 13.2 Å². The first kappa shape index (κ1) is 65.4. The van der Waals surface area contributed by atoms with Crippen molar-refractivity contribution < 1.29 is 28.6 Å². The van der Waals surface area contributed by atoms with Gasteiger partial charge in [-0.25, -0.2) is 0 Å². The summed E-state index contributed by atoms with van der Waals surface area (Å²) in [6.07, 6.45) is 58.1. The van der Waals surface area contributed by atoms with E-state index in [1.807, 2.05) is 0 Å². The van der Waals surface area contributed by atoms with Crippen molar-refractivity contribution in [2.45, 2.75) is 349 Å². The molecule has 0 aliphatic carbocycles. The Morgan fingerprint density at radius 2 is 0.493 bits per heavy atom. The van der Waals surface area contributed by atoms with Crippen LogP contribution in [0.4, 0.5) is 0 Å². The van der Waals surface area contributed by atoms with E-state index in [9.17, 15) is 14.4 Å². The van der Waals surface area contributed by atoms with Gasteiger partial charge in [-0.15, -0.1) is 0 Å². The quantitative estimate of drug-likeness (QED) is 0.0343. The molecule has 0 radical (unpaired) electrons. The Morgan fingerprint density at radius 1 is 0.284 bits per heavy atom. The molecule has 0 rings (SSSR count). The van der Waals surface area contributed by atoms with Crippen LogP contribution in [0.25, 0.3) is 0 Å². The summed E-state index contributed by atoms with van der Waals surface area (Å²) in [5.41, 5.74) is 0. The summed E-state index contributed by atoms with van der Waals surface area (Å²) >= 11 is 0. The van der Waals surface area contributed by atoms with Crippen LogP contribution in [-0.4, -0.2) is 37.2 Å². The lowest BCUT2D eigenvalue weighted by Crippen LogP contribution is -2.30. The topological polar surface area (TPSA) is 78.9 Å². The second-order valence-corrected chi connectivity index (χ2v) is 21.9. The van der Waals surface area contributed by atoms with Crippen LogP contribution in [0.5, 0.6) is 0 Å². The lowest BCUT2D eigenvalue weighted by molar-refractivity contribution is -0.167. The number of hydrogen-bond donors (Lipinski definition) is 0. The first-order valence-corrected chi connectivity index (χ1v) is 30.2. The molecule has 0 saturated heterocycles. The number of esters is 3. The zero-order chi connectivity index (χ0) is 48.9. The largest absolute Gasteiger partial charge is 0.462 e. The maximum atomic E-state index is 12.9. The Bertz CT molecular complexity index is 1020. The Kier molecular flexibility index (Phi) is 52.5. The molecule has 0 aromatic rings. The first-order valence-electron chi connectivity index (χ1n) is 30.2. The number of ether oxygens (including phenoxy) is 3. The van der Waals surface area contributed by atoms with Crippen LogP contribution in [0.1, 0.15) is 343 Å². The van der Waals surface area contributed by atoms with E-state index in [2.05, 4.69) is 34.6 Å². The highest BCUT2D eigenvalue weighted by Crippen LogP contribution is 2.18. The van der Waals surface area contributed by atoms with E-state index in [0.717, 1.165) is 69.6 Å². The third kappa shape index (κ3) is 55.2. The van der Waals surface area contributed by atoms with Crippen LogP contribution in [0.3, 0.4) is 0 Å². The second-order valence-electron chi connectivity index (χ2n) is 21.9. The van der Waals surface area contributed by atoms with Crippen molar-refractivity contribution in [1.29, 1.82) is 0 Å². The molecule has 6 heteroatoms. The normalized spacial score (nSPS) is 12.0. The Hall–Kier alpha value is -1.59. The van der Waals surface area contributed by atoms with Crippen molar-refractivity contribution in [1.82, 2.24) is 0 Å². The van der Waals surface area contributed by atoms with Gasteiger partial charge in [-0.2, -0.15) is 0 Å². The molecule has 0 unspecified atom stereocenters. The number of carbonyl (C=O) groups excluding carboxylic acids is 3. The van der Waals surface area contributed by atoms with Gasteiger partial charge in [-0.1, -0.05) is 304 Å². The Labute approximate surface area is 418 Å². The fraction of sp³-hybridized carbons (Fsp3) is 0.951. The summed E-state index contributed by atoms with van der Waals surface area (Å²) in [5, 5.41) is 0. The number of rotatable bonds is 55. The molecule has 0 saturated carbocycles. The summed E-state index contributed by atoms with van der Waals surface area (Å²) < 4.78 is 16.9. The predicted octanol–water partition coefficient (Wildman–Crippen LogP) is 20.0. The fourth-order valence-corrected chi connectivity index (χ4v) is 9.40. The smallest absolute Gasteiger partial charge is 0.306 e. The van der Waals surface area contributed by atoms with Crippen LogP contribution >= 0.6 is 0 Å². The summed E-state index contributed by atoms with van der Waals surface area (Å²) in [5.74, 6) is 0.841. The molecule has 0 bridgehead atoms. The van der Waals surface area contributed by atoms with Crippen molar-refractivity contribution in [3.05, 3.63) is 0 Å². The monoisotopic (exact) mass is 947 g/mol. The Balaban J connectivity index is 4.24. The average molecular weight is 948 g/mol. The van der Waals surface area contributed by atoms with Crippen molar-refractivity contribution in [3.8, 4) is 0 Å². The van der Waals surface area contributed by atoms with Gasteiger partial charge >= 0.3 is 17.9 Å². The highest BCUT2D eigenvalue weighted by molar-refractivity contribution is 5.71. The molecule has 6 nitrogen and oxygen atoms in total. The van der Waals surface area contributed by atoms with Crippen molar-refractivity contribution in [2.24, 2.45) is 11.8 Å². The lowest BCUT2D eigenvalue weighted by atomic mass is 10.0. The van der Waals surface area contributed by atoms with Gasteiger partial charge < -0.3 is 14.2 Å². The Morgan fingerprint density at radius 3 is 0.731 bits per heavy atom. The molecule has 0 aromatic heterocycles. The molecule has 0 fully saturated rings. The molecular formula is C61H118O6. The van der Waals surface area contributed by atoms with Gasteiger partial charge in [0.1, 0.15) is 13.2 Å². The van der Waals surface area contributed by atoms with E-state index in [-0.39, 0.29) is 31.1 Å². The van der Waals surface area contributed by atoms with Gasteiger partial charge in [0.25, 0.3) is 0 Å². The fourth-order valence-electron chi connectivity index (χ4n) is 9.40. The summed E-state index contributed by atoms with van der Waals surface area (Å²) in [6, 6.07) is 0. The SMILES string of the molecule is CCCCCCCCCCCCCCCCCC(=O)O[C@H](COC(=O)CCCCCCCCCCCCCCCCCCCCC(C)C)COC(=O)CCCCCCCCCCCCC(C)C. The molecule has 0 aliphatic rings. The van der Waals surface area contributed by atoms with Crippen LogP contribution in [0, 0.1) is 11.8 Å². The van der Waals surface area contributed by atoms with Crippen molar-refractivity contribution >= 4 is 17.9 Å². The second kappa shape index (κ2) is 53.8. The van der Waals surface area contributed by atoms with Crippen LogP contribution in [-0.2, 0) is 28.6 Å². The van der Waals surface area contributed by atoms with Gasteiger partial charge in [0.05, 0.1) is 0 Å². The van der Waals surface area contributed by atoms with Crippen molar-refractivity contribution in [3.63, 3.8) is 0 Å². The van der Waals surface area contributed by atoms with Crippen LogP contribution in [0.15, 0.2) is 0 Å². The molecule has 0 aliphatic heterocycles. The molecule has 0 N–H and O–H groups in total. The summed E-state index contributed by atoms with van der Waals surface area (Å²) in [4.78, 5) is 38.2. The van der Waals surface area contributed by atoms with Gasteiger partial charge in [-0.05, 0) is 31.1 Å². The molecule has 1 atom stereocenters. The minimum Gasteiger partial charge on any atom is -0.462 e. The number of unbranched alkanes of at least 4 members (excludes halogenated alkanes) is 40. The number of hydrogen-bond acceptors (Lipinski definition) is 6. The third-order valence-corrected chi connectivity index (χ3v) is 14.0. The molecule has 0 heterocycles. The summed E-state index contributed by atoms with van der Waals surface area (Å²) in [7, 11) is 0. The molecule has 0 aromatic carbocycles. The minimum atomic E-state index is -0.763. The van der Waals surface area contributed by atoms with Crippen LogP contribution in [0.2, 0.25) is 0 Å². The highest BCUT2D eigenvalue weighted by atomic mass is 16.6. The maximum Gasteiger partial charge on any atom is 0.306 e. The van der Waals surface area contributed by atoms with Gasteiger partial charge in [0, 0.05) is 19.3 Å². The zero-order valence-corrected chi connectivity index (χ0v) is 46.0. The maximum absolute atomic E-state index is 12.9. The van der Waals surface area contributed by atoms with E-state index in [1.54, 1.807) is 0 Å². The standard InChI is InChI=1S/C61H118O6/c1-6-7-8-9-10-11-12-13-18-23-26-33-38-43-48-53-61(64)67-58(55-66-60(63)52-47-42-37-32-28-27-30-35-40-45-50-57(4)5)54-65-59(62)51-46-41-36-31-25-22-20-17-15-14-16-19-21-24-29-34-39-44-49-56(2)3/h56-58H,6-55H2,1-5H3/t58-/m1/s1. The van der Waals surface area contributed by atoms with Crippen LogP contribution < -0.4 is 0 Å². The highest BCUT2D eigenvalue weighted by Gasteiger charge is 2.19. The molecule has 67 heavy (non-hydrogen) atoms. The zero-order valence-electron chi connectivity index (χ0n) is 46.0. The molecular weight excluding hydrogens is 829 g/mol. The van der Waals surface area contributed by atoms with E-state index in [1.165, 1.54) is 231 Å². The average Bonchev–Trinajstić information content (AvgIpc) is 3.30. The predicted molar refractivity (Wildman–Crippen MR) is 289 cm³/mol. The number of carbonyl (C=O) groups is 3. The van der Waals surface area contributed by atoms with E-state index in [4.69, 9.17) is 14.2 Å². The van der Waals surface area contributed by atoms with E-state index in [0.29, 0.717) is 19.3 Å². The molecule has 398 valence electrons. The first-order chi connectivity index (χ1) is 32.7.